The van der Waals surface area contributed by atoms with Gasteiger partial charge in [0, 0.05) is 44.0 Å². The van der Waals surface area contributed by atoms with Gasteiger partial charge in [-0.15, -0.1) is 0 Å². The molecule has 4 rings (SSSR count). The van der Waals surface area contributed by atoms with E-state index in [0.29, 0.717) is 12.1 Å². The zero-order valence-electron chi connectivity index (χ0n) is 18.8. The Morgan fingerprint density at radius 1 is 0.875 bits per heavy atom. The number of nitrogens with zero attached hydrogens (tertiary/aromatic N) is 3. The number of aryl methyl sites for hydroxylation is 1. The van der Waals surface area contributed by atoms with Crippen molar-refractivity contribution in [3.05, 3.63) is 84.1 Å². The molecule has 32 heavy (non-hydrogen) atoms. The number of aromatic nitrogens is 1. The van der Waals surface area contributed by atoms with Crippen LogP contribution < -0.4 is 10.2 Å². The molecule has 166 valence electrons. The Morgan fingerprint density at radius 3 is 2.25 bits per heavy atom. The molecule has 1 aliphatic heterocycles. The molecule has 5 nitrogen and oxygen atoms in total. The topological polar surface area (TPSA) is 48.5 Å². The van der Waals surface area contributed by atoms with E-state index in [1.165, 1.54) is 5.69 Å². The molecule has 0 atom stereocenters. The number of amides is 1. The maximum atomic E-state index is 12.6. The van der Waals surface area contributed by atoms with Crippen LogP contribution in [0.5, 0.6) is 0 Å². The molecular formula is C27H32N4O. The highest BCUT2D eigenvalue weighted by Gasteiger charge is 2.16. The molecule has 2 aromatic carbocycles. The largest absolute Gasteiger partial charge is 0.369 e. The summed E-state index contributed by atoms with van der Waals surface area (Å²) in [7, 11) is 0. The van der Waals surface area contributed by atoms with Crippen molar-refractivity contribution in [1.29, 1.82) is 0 Å². The minimum atomic E-state index is -0.0360. The molecule has 1 aromatic heterocycles. The summed E-state index contributed by atoms with van der Waals surface area (Å²) in [6, 6.07) is 24.5. The van der Waals surface area contributed by atoms with E-state index in [-0.39, 0.29) is 5.91 Å². The van der Waals surface area contributed by atoms with Crippen LogP contribution in [-0.4, -0.2) is 55.1 Å². The van der Waals surface area contributed by atoms with Gasteiger partial charge in [0.1, 0.15) is 0 Å². The number of anilines is 1. The summed E-state index contributed by atoms with van der Waals surface area (Å²) in [5, 5.41) is 3.06. The number of hydrogen-bond donors (Lipinski definition) is 1. The van der Waals surface area contributed by atoms with Gasteiger partial charge in [0.2, 0.25) is 0 Å². The van der Waals surface area contributed by atoms with E-state index in [2.05, 4.69) is 50.4 Å². The third-order valence-electron chi connectivity index (χ3n) is 6.08. The van der Waals surface area contributed by atoms with E-state index in [9.17, 15) is 4.79 Å². The average Bonchev–Trinajstić information content (AvgIpc) is 2.85. The van der Waals surface area contributed by atoms with E-state index < -0.39 is 0 Å². The number of para-hydroxylation sites is 1. The van der Waals surface area contributed by atoms with Gasteiger partial charge < -0.3 is 10.2 Å². The molecule has 1 N–H and O–H groups in total. The second-order valence-corrected chi connectivity index (χ2v) is 8.32. The fraction of sp³-hybridized carbons (Fsp3) is 0.333. The van der Waals surface area contributed by atoms with Crippen LogP contribution in [-0.2, 0) is 0 Å². The lowest BCUT2D eigenvalue weighted by molar-refractivity contribution is 0.0951. The van der Waals surface area contributed by atoms with Crippen molar-refractivity contribution in [3.8, 4) is 11.3 Å². The van der Waals surface area contributed by atoms with Crippen molar-refractivity contribution in [2.24, 2.45) is 0 Å². The first-order valence-electron chi connectivity index (χ1n) is 11.5. The van der Waals surface area contributed by atoms with Gasteiger partial charge in [0.25, 0.3) is 5.91 Å². The summed E-state index contributed by atoms with van der Waals surface area (Å²) in [6.45, 7) is 8.03. The number of piperazine rings is 1. The van der Waals surface area contributed by atoms with Crippen molar-refractivity contribution < 1.29 is 4.79 Å². The second-order valence-electron chi connectivity index (χ2n) is 8.32. The van der Waals surface area contributed by atoms with Gasteiger partial charge >= 0.3 is 0 Å². The molecule has 3 aromatic rings. The monoisotopic (exact) mass is 428 g/mol. The molecular weight excluding hydrogens is 396 g/mol. The van der Waals surface area contributed by atoms with Crippen LogP contribution in [0.4, 0.5) is 5.69 Å². The summed E-state index contributed by atoms with van der Waals surface area (Å²) in [5.74, 6) is -0.0360. The van der Waals surface area contributed by atoms with Crippen LogP contribution in [0.15, 0.2) is 72.8 Å². The van der Waals surface area contributed by atoms with Crippen LogP contribution in [0.3, 0.4) is 0 Å². The van der Waals surface area contributed by atoms with E-state index in [4.69, 9.17) is 0 Å². The van der Waals surface area contributed by atoms with Gasteiger partial charge in [-0.2, -0.15) is 0 Å². The Labute approximate surface area is 191 Å². The predicted molar refractivity (Wildman–Crippen MR) is 131 cm³/mol. The molecule has 2 heterocycles. The third kappa shape index (κ3) is 5.74. The van der Waals surface area contributed by atoms with Crippen molar-refractivity contribution in [2.75, 3.05) is 44.2 Å². The maximum absolute atomic E-state index is 12.6. The minimum Gasteiger partial charge on any atom is -0.369 e. The fourth-order valence-electron chi connectivity index (χ4n) is 4.20. The third-order valence-corrected chi connectivity index (χ3v) is 6.08. The highest BCUT2D eigenvalue weighted by molar-refractivity contribution is 5.95. The predicted octanol–water partition coefficient (Wildman–Crippen LogP) is 4.39. The fourth-order valence-corrected chi connectivity index (χ4v) is 4.20. The molecule has 5 heteroatoms. The summed E-state index contributed by atoms with van der Waals surface area (Å²) >= 11 is 0. The lowest BCUT2D eigenvalue weighted by Gasteiger charge is -2.36. The Morgan fingerprint density at radius 2 is 1.56 bits per heavy atom. The Balaban J connectivity index is 1.16. The molecule has 0 aliphatic carbocycles. The summed E-state index contributed by atoms with van der Waals surface area (Å²) in [6.07, 6.45) is 2.08. The normalized spacial score (nSPS) is 14.3. The number of carbonyl (C=O) groups excluding carboxylic acids is 1. The van der Waals surface area contributed by atoms with Crippen molar-refractivity contribution in [1.82, 2.24) is 15.2 Å². The van der Waals surface area contributed by atoms with Gasteiger partial charge in [0.15, 0.2) is 0 Å². The highest BCUT2D eigenvalue weighted by atomic mass is 16.1. The highest BCUT2D eigenvalue weighted by Crippen LogP contribution is 2.19. The lowest BCUT2D eigenvalue weighted by Crippen LogP contribution is -2.46. The number of hydrogen-bond acceptors (Lipinski definition) is 4. The molecule has 0 bridgehead atoms. The Bertz CT molecular complexity index is 999. The first kappa shape index (κ1) is 22.0. The van der Waals surface area contributed by atoms with Gasteiger partial charge in [0.05, 0.1) is 17.0 Å². The molecule has 1 aliphatic rings. The van der Waals surface area contributed by atoms with E-state index in [0.717, 1.165) is 62.5 Å². The SMILES string of the molecule is Cc1nc(-c2ccccc2)ccc1C(=O)NCCCCN1CCN(c2ccccc2)CC1. The Hall–Kier alpha value is -3.18. The average molecular weight is 429 g/mol. The van der Waals surface area contributed by atoms with Gasteiger partial charge in [-0.25, -0.2) is 0 Å². The van der Waals surface area contributed by atoms with Gasteiger partial charge in [-0.3, -0.25) is 14.7 Å². The molecule has 0 radical (unpaired) electrons. The number of pyridine rings is 1. The van der Waals surface area contributed by atoms with Crippen molar-refractivity contribution in [2.45, 2.75) is 19.8 Å². The van der Waals surface area contributed by atoms with E-state index in [1.807, 2.05) is 49.4 Å². The molecule has 1 amide bonds. The van der Waals surface area contributed by atoms with Crippen molar-refractivity contribution >= 4 is 11.6 Å². The number of carbonyl (C=O) groups is 1. The van der Waals surface area contributed by atoms with E-state index >= 15 is 0 Å². The minimum absolute atomic E-state index is 0.0360. The smallest absolute Gasteiger partial charge is 0.253 e. The first-order valence-corrected chi connectivity index (χ1v) is 11.5. The number of benzene rings is 2. The van der Waals surface area contributed by atoms with Crippen LogP contribution in [0, 0.1) is 6.92 Å². The standard InChI is InChI=1S/C27H32N4O/c1-22-25(14-15-26(29-22)23-10-4-2-5-11-23)27(32)28-16-8-9-17-30-18-20-31(21-19-30)24-12-6-3-7-13-24/h2-7,10-15H,8-9,16-21H2,1H3,(H,28,32). The summed E-state index contributed by atoms with van der Waals surface area (Å²) in [5.41, 5.74) is 4.69. The van der Waals surface area contributed by atoms with Crippen LogP contribution >= 0.6 is 0 Å². The molecule has 1 fully saturated rings. The maximum Gasteiger partial charge on any atom is 0.253 e. The molecule has 1 saturated heterocycles. The molecule has 0 unspecified atom stereocenters. The quantitative estimate of drug-likeness (QED) is 0.541. The van der Waals surface area contributed by atoms with Crippen LogP contribution in [0.2, 0.25) is 0 Å². The summed E-state index contributed by atoms with van der Waals surface area (Å²) in [4.78, 5) is 22.2. The molecule has 0 spiro atoms. The number of unbranched alkanes of at least 4 members (excludes halogenated alkanes) is 1. The number of nitrogens with one attached hydrogen (secondary N) is 1. The molecule has 0 saturated carbocycles. The summed E-state index contributed by atoms with van der Waals surface area (Å²) < 4.78 is 0. The number of rotatable bonds is 8. The Kier molecular flexibility index (Phi) is 7.51. The van der Waals surface area contributed by atoms with Crippen LogP contribution in [0.1, 0.15) is 28.9 Å². The van der Waals surface area contributed by atoms with Gasteiger partial charge in [-0.05, 0) is 50.6 Å². The zero-order valence-corrected chi connectivity index (χ0v) is 18.8. The van der Waals surface area contributed by atoms with E-state index in [1.54, 1.807) is 0 Å². The van der Waals surface area contributed by atoms with Crippen LogP contribution in [0.25, 0.3) is 11.3 Å². The zero-order chi connectivity index (χ0) is 22.2. The second kappa shape index (κ2) is 10.9. The lowest BCUT2D eigenvalue weighted by atomic mass is 10.1. The van der Waals surface area contributed by atoms with Crippen molar-refractivity contribution in [3.63, 3.8) is 0 Å². The van der Waals surface area contributed by atoms with Gasteiger partial charge in [-0.1, -0.05) is 48.5 Å². The first-order chi connectivity index (χ1) is 15.7.